The van der Waals surface area contributed by atoms with E-state index < -0.39 is 0 Å². The van der Waals surface area contributed by atoms with E-state index in [2.05, 4.69) is 24.1 Å². The Balaban J connectivity index is 1.71. The number of nitrogens with one attached hydrogen (secondary N) is 1. The zero-order valence-electron chi connectivity index (χ0n) is 14.9. The van der Waals surface area contributed by atoms with Crippen LogP contribution in [0, 0.1) is 0 Å². The summed E-state index contributed by atoms with van der Waals surface area (Å²) in [6.45, 7) is 9.30. The summed E-state index contributed by atoms with van der Waals surface area (Å²) in [5.74, 6) is -0.259. The van der Waals surface area contributed by atoms with Gasteiger partial charge in [0, 0.05) is 25.2 Å². The van der Waals surface area contributed by atoms with Crippen molar-refractivity contribution in [1.82, 2.24) is 10.2 Å². The molecular formula is C19H28N2O3. The molecule has 1 aliphatic heterocycles. The summed E-state index contributed by atoms with van der Waals surface area (Å²) in [4.78, 5) is 26.2. The highest BCUT2D eigenvalue weighted by Gasteiger charge is 2.21. The molecule has 1 heterocycles. The molecule has 1 fully saturated rings. The molecule has 2 rings (SSSR count). The number of ketones is 1. The molecule has 2 atom stereocenters. The topological polar surface area (TPSA) is 58.6 Å². The van der Waals surface area contributed by atoms with Gasteiger partial charge in [-0.2, -0.15) is 0 Å². The zero-order chi connectivity index (χ0) is 17.5. The van der Waals surface area contributed by atoms with Crippen LogP contribution in [0.4, 0.5) is 0 Å². The van der Waals surface area contributed by atoms with Gasteiger partial charge in [-0.1, -0.05) is 18.2 Å². The second-order valence-corrected chi connectivity index (χ2v) is 6.58. The molecule has 1 aliphatic rings. The van der Waals surface area contributed by atoms with Gasteiger partial charge in [0.2, 0.25) is 0 Å². The first-order chi connectivity index (χ1) is 11.5. The quantitative estimate of drug-likeness (QED) is 0.616. The maximum atomic E-state index is 12.2. The molecule has 5 nitrogen and oxygen atoms in total. The summed E-state index contributed by atoms with van der Waals surface area (Å²) in [6, 6.07) is 6.94. The Labute approximate surface area is 144 Å². The molecule has 1 N–H and O–H groups in total. The lowest BCUT2D eigenvalue weighted by atomic mass is 10.0. The molecule has 132 valence electrons. The van der Waals surface area contributed by atoms with Crippen LogP contribution in [0.1, 0.15) is 54.3 Å². The van der Waals surface area contributed by atoms with Gasteiger partial charge in [-0.3, -0.25) is 14.5 Å². The predicted molar refractivity (Wildman–Crippen MR) is 94.5 cm³/mol. The second kappa shape index (κ2) is 8.94. The minimum Gasteiger partial charge on any atom is -0.373 e. The summed E-state index contributed by atoms with van der Waals surface area (Å²) in [5.41, 5.74) is 0.937. The molecule has 0 spiro atoms. The van der Waals surface area contributed by atoms with Crippen molar-refractivity contribution in [2.45, 2.75) is 45.8 Å². The number of Topliss-reactive ketones (excluding diaryl/α,β-unsaturated/α-hetero) is 1. The summed E-state index contributed by atoms with van der Waals surface area (Å²) in [7, 11) is 0. The fourth-order valence-electron chi connectivity index (χ4n) is 3.21. The number of ether oxygens (including phenoxy) is 1. The molecule has 0 saturated carbocycles. The van der Waals surface area contributed by atoms with Crippen molar-refractivity contribution < 1.29 is 14.3 Å². The van der Waals surface area contributed by atoms with Crippen LogP contribution < -0.4 is 5.32 Å². The molecule has 0 radical (unpaired) electrons. The smallest absolute Gasteiger partial charge is 0.252 e. The van der Waals surface area contributed by atoms with Crippen molar-refractivity contribution in [2.75, 3.05) is 26.2 Å². The molecule has 0 aromatic heterocycles. The highest BCUT2D eigenvalue weighted by Crippen LogP contribution is 2.12. The lowest BCUT2D eigenvalue weighted by Crippen LogP contribution is -2.45. The lowest BCUT2D eigenvalue weighted by molar-refractivity contribution is -0.0681. The number of rotatable bonds is 7. The number of morpholine rings is 1. The first-order valence-electron chi connectivity index (χ1n) is 8.73. The van der Waals surface area contributed by atoms with Crippen LogP contribution in [0.2, 0.25) is 0 Å². The van der Waals surface area contributed by atoms with Crippen molar-refractivity contribution in [2.24, 2.45) is 0 Å². The largest absolute Gasteiger partial charge is 0.373 e. The fourth-order valence-corrected chi connectivity index (χ4v) is 3.21. The summed E-state index contributed by atoms with van der Waals surface area (Å²) in [6.07, 6.45) is 2.54. The van der Waals surface area contributed by atoms with E-state index in [-0.39, 0.29) is 23.9 Å². The van der Waals surface area contributed by atoms with E-state index in [4.69, 9.17) is 4.74 Å². The third-order valence-electron chi connectivity index (χ3n) is 4.23. The van der Waals surface area contributed by atoms with Gasteiger partial charge in [0.25, 0.3) is 5.91 Å². The average molecular weight is 332 g/mol. The fraction of sp³-hybridized carbons (Fsp3) is 0.579. The summed E-state index contributed by atoms with van der Waals surface area (Å²) >= 11 is 0. The molecular weight excluding hydrogens is 304 g/mol. The second-order valence-electron chi connectivity index (χ2n) is 6.58. The van der Waals surface area contributed by atoms with E-state index in [1.54, 1.807) is 24.3 Å². The van der Waals surface area contributed by atoms with Gasteiger partial charge >= 0.3 is 0 Å². The van der Waals surface area contributed by atoms with E-state index in [1.165, 1.54) is 6.92 Å². The maximum absolute atomic E-state index is 12.2. The van der Waals surface area contributed by atoms with Crippen molar-refractivity contribution in [3.63, 3.8) is 0 Å². The Hall–Kier alpha value is -1.72. The maximum Gasteiger partial charge on any atom is 0.252 e. The Kier molecular flexibility index (Phi) is 6.94. The number of benzene rings is 1. The van der Waals surface area contributed by atoms with Crippen LogP contribution in [0.3, 0.4) is 0 Å². The Morgan fingerprint density at radius 3 is 2.38 bits per heavy atom. The number of unbranched alkanes of at least 4 members (excludes halogenated alkanes) is 1. The molecule has 1 saturated heterocycles. The van der Waals surface area contributed by atoms with Crippen LogP contribution in [-0.2, 0) is 4.74 Å². The first kappa shape index (κ1) is 18.6. The number of amides is 1. The normalized spacial score (nSPS) is 21.5. The monoisotopic (exact) mass is 332 g/mol. The third-order valence-corrected chi connectivity index (χ3v) is 4.23. The minimum atomic E-state index is -0.172. The molecule has 24 heavy (non-hydrogen) atoms. The van der Waals surface area contributed by atoms with E-state index in [0.29, 0.717) is 17.7 Å². The van der Waals surface area contributed by atoms with Crippen LogP contribution in [-0.4, -0.2) is 55.0 Å². The number of carbonyl (C=O) groups is 2. The number of nitrogens with zero attached hydrogens (tertiary/aromatic N) is 1. The highest BCUT2D eigenvalue weighted by molar-refractivity contribution is 6.07. The summed E-state index contributed by atoms with van der Waals surface area (Å²) in [5, 5.41) is 2.92. The average Bonchev–Trinajstić information content (AvgIpc) is 2.53. The zero-order valence-corrected chi connectivity index (χ0v) is 14.9. The third kappa shape index (κ3) is 5.42. The molecule has 5 heteroatoms. The predicted octanol–water partition coefficient (Wildman–Crippen LogP) is 2.51. The Morgan fingerprint density at radius 2 is 1.75 bits per heavy atom. The molecule has 1 amide bonds. The Morgan fingerprint density at radius 1 is 1.12 bits per heavy atom. The number of carbonyl (C=O) groups excluding carboxylic acids is 2. The number of hydrogen-bond acceptors (Lipinski definition) is 4. The van der Waals surface area contributed by atoms with Crippen LogP contribution in [0.15, 0.2) is 24.3 Å². The van der Waals surface area contributed by atoms with Crippen molar-refractivity contribution in [1.29, 1.82) is 0 Å². The van der Waals surface area contributed by atoms with Crippen molar-refractivity contribution in [3.05, 3.63) is 35.4 Å². The van der Waals surface area contributed by atoms with Gasteiger partial charge in [-0.15, -0.1) is 0 Å². The number of hydrogen-bond donors (Lipinski definition) is 1. The van der Waals surface area contributed by atoms with E-state index in [1.807, 2.05) is 0 Å². The molecule has 0 unspecified atom stereocenters. The minimum absolute atomic E-state index is 0.0868. The van der Waals surface area contributed by atoms with Gasteiger partial charge in [0.1, 0.15) is 0 Å². The van der Waals surface area contributed by atoms with Gasteiger partial charge in [0.05, 0.1) is 17.8 Å². The van der Waals surface area contributed by atoms with Crippen LogP contribution in [0.5, 0.6) is 0 Å². The van der Waals surface area contributed by atoms with E-state index in [9.17, 15) is 9.59 Å². The van der Waals surface area contributed by atoms with Gasteiger partial charge in [0.15, 0.2) is 5.78 Å². The molecule has 0 aliphatic carbocycles. The van der Waals surface area contributed by atoms with Crippen molar-refractivity contribution >= 4 is 11.7 Å². The SMILES string of the molecule is CC(=O)c1ccccc1C(=O)NCCCCN1C[C@@H](C)O[C@H](C)C1. The standard InChI is InChI=1S/C19H28N2O3/c1-14-12-21(13-15(2)24-14)11-7-6-10-20-19(23)18-9-5-4-8-17(18)16(3)22/h4-5,8-9,14-15H,6-7,10-13H2,1-3H3,(H,20,23)/t14-,15-/m1/s1. The van der Waals surface area contributed by atoms with Crippen molar-refractivity contribution in [3.8, 4) is 0 Å². The van der Waals surface area contributed by atoms with E-state index in [0.717, 1.165) is 32.5 Å². The van der Waals surface area contributed by atoms with Gasteiger partial charge in [-0.25, -0.2) is 0 Å². The molecule has 0 bridgehead atoms. The molecule has 1 aromatic rings. The lowest BCUT2D eigenvalue weighted by Gasteiger charge is -2.35. The van der Waals surface area contributed by atoms with Gasteiger partial charge in [-0.05, 0) is 46.2 Å². The van der Waals surface area contributed by atoms with Crippen LogP contribution >= 0.6 is 0 Å². The molecule has 1 aromatic carbocycles. The van der Waals surface area contributed by atoms with E-state index >= 15 is 0 Å². The first-order valence-corrected chi connectivity index (χ1v) is 8.73. The van der Waals surface area contributed by atoms with Crippen LogP contribution in [0.25, 0.3) is 0 Å². The summed E-state index contributed by atoms with van der Waals surface area (Å²) < 4.78 is 5.73. The van der Waals surface area contributed by atoms with Gasteiger partial charge < -0.3 is 10.1 Å². The Bertz CT molecular complexity index is 563. The highest BCUT2D eigenvalue weighted by atomic mass is 16.5.